The molecule has 15 heavy (non-hydrogen) atoms. The predicted molar refractivity (Wildman–Crippen MR) is 46.0 cm³/mol. The van der Waals surface area contributed by atoms with Crippen molar-refractivity contribution in [3.8, 4) is 0 Å². The quantitative estimate of drug-likeness (QED) is 0.412. The second-order valence-electron chi connectivity index (χ2n) is 3.55. The van der Waals surface area contributed by atoms with Crippen LogP contribution in [-0.2, 0) is 14.4 Å². The van der Waals surface area contributed by atoms with E-state index in [2.05, 4.69) is 5.32 Å². The number of nitrogens with one attached hydrogen (secondary N) is 1. The number of aliphatic carboxylic acids is 2. The summed E-state index contributed by atoms with van der Waals surface area (Å²) in [6.45, 7) is -0.0325. The van der Waals surface area contributed by atoms with Gasteiger partial charge < -0.3 is 20.6 Å². The summed E-state index contributed by atoms with van der Waals surface area (Å²) in [6, 6.07) is 0. The minimum atomic E-state index is -1.72. The summed E-state index contributed by atoms with van der Waals surface area (Å²) >= 11 is 0. The Kier molecular flexibility index (Phi) is 2.94. The molecule has 4 N–H and O–H groups in total. The van der Waals surface area contributed by atoms with Crippen LogP contribution in [0.4, 0.5) is 0 Å². The fraction of sp³-hybridized carbons (Fsp3) is 0.625. The first-order valence-electron chi connectivity index (χ1n) is 4.30. The van der Waals surface area contributed by atoms with Gasteiger partial charge in [-0.1, -0.05) is 0 Å². The molecule has 0 aromatic carbocycles. The van der Waals surface area contributed by atoms with Crippen molar-refractivity contribution in [3.05, 3.63) is 0 Å². The normalized spacial score (nSPS) is 26.3. The van der Waals surface area contributed by atoms with Gasteiger partial charge in [-0.05, 0) is 0 Å². The third kappa shape index (κ3) is 2.44. The third-order valence-corrected chi connectivity index (χ3v) is 2.32. The van der Waals surface area contributed by atoms with E-state index in [9.17, 15) is 19.5 Å². The summed E-state index contributed by atoms with van der Waals surface area (Å²) in [6.07, 6.45) is -0.981. The molecule has 0 aromatic rings. The SMILES string of the molecule is O=C(O)C[C@H](C[C@@]1(O)CNC1=O)C(=O)O. The average Bonchev–Trinajstić information content (AvgIpc) is 2.13. The van der Waals surface area contributed by atoms with Crippen LogP contribution in [0.1, 0.15) is 12.8 Å². The number of carboxylic acids is 2. The van der Waals surface area contributed by atoms with Crippen molar-refractivity contribution in [2.75, 3.05) is 6.54 Å². The van der Waals surface area contributed by atoms with Crippen LogP contribution in [0.25, 0.3) is 0 Å². The van der Waals surface area contributed by atoms with E-state index in [-0.39, 0.29) is 13.0 Å². The van der Waals surface area contributed by atoms with Crippen LogP contribution in [0, 0.1) is 5.92 Å². The maximum atomic E-state index is 10.9. The van der Waals surface area contributed by atoms with Gasteiger partial charge >= 0.3 is 11.9 Å². The van der Waals surface area contributed by atoms with Gasteiger partial charge in [0.2, 0.25) is 0 Å². The molecule has 0 aliphatic carbocycles. The number of hydrogen-bond acceptors (Lipinski definition) is 4. The molecular formula is C8H11NO6. The highest BCUT2D eigenvalue weighted by Crippen LogP contribution is 2.24. The number of rotatable bonds is 5. The van der Waals surface area contributed by atoms with Crippen LogP contribution in [0.3, 0.4) is 0 Å². The van der Waals surface area contributed by atoms with Crippen LogP contribution < -0.4 is 5.32 Å². The lowest BCUT2D eigenvalue weighted by atomic mass is 9.83. The van der Waals surface area contributed by atoms with Gasteiger partial charge in [0.1, 0.15) is 0 Å². The molecule has 0 bridgehead atoms. The van der Waals surface area contributed by atoms with Crippen LogP contribution in [0.15, 0.2) is 0 Å². The highest BCUT2D eigenvalue weighted by Gasteiger charge is 2.47. The van der Waals surface area contributed by atoms with Gasteiger partial charge in [0, 0.05) is 6.42 Å². The molecule has 1 rings (SSSR count). The summed E-state index contributed by atoms with van der Waals surface area (Å²) in [5.74, 6) is -4.51. The van der Waals surface area contributed by atoms with Gasteiger partial charge in [-0.15, -0.1) is 0 Å². The monoisotopic (exact) mass is 217 g/mol. The molecule has 0 radical (unpaired) electrons. The zero-order valence-corrected chi connectivity index (χ0v) is 7.77. The zero-order valence-electron chi connectivity index (χ0n) is 7.77. The van der Waals surface area contributed by atoms with E-state index in [0.717, 1.165) is 0 Å². The molecule has 2 atom stereocenters. The van der Waals surface area contributed by atoms with E-state index < -0.39 is 35.8 Å². The van der Waals surface area contributed by atoms with Crippen molar-refractivity contribution in [1.82, 2.24) is 5.32 Å². The number of aliphatic hydroxyl groups is 1. The molecule has 1 saturated heterocycles. The second kappa shape index (κ2) is 3.85. The Labute approximate surface area is 84.7 Å². The Morgan fingerprint density at radius 3 is 2.33 bits per heavy atom. The molecule has 7 nitrogen and oxygen atoms in total. The van der Waals surface area contributed by atoms with Crippen LogP contribution in [0.5, 0.6) is 0 Å². The van der Waals surface area contributed by atoms with E-state index in [1.807, 2.05) is 0 Å². The highest BCUT2D eigenvalue weighted by atomic mass is 16.4. The number of carbonyl (C=O) groups excluding carboxylic acids is 1. The summed E-state index contributed by atoms with van der Waals surface area (Å²) in [5.41, 5.74) is -1.72. The first-order valence-corrected chi connectivity index (χ1v) is 4.30. The van der Waals surface area contributed by atoms with Crippen molar-refractivity contribution < 1.29 is 29.7 Å². The Hall–Kier alpha value is -1.63. The Morgan fingerprint density at radius 2 is 2.07 bits per heavy atom. The Bertz CT molecular complexity index is 314. The number of amides is 1. The molecule has 0 spiro atoms. The smallest absolute Gasteiger partial charge is 0.307 e. The zero-order chi connectivity index (χ0) is 11.6. The fourth-order valence-electron chi connectivity index (χ4n) is 1.39. The van der Waals surface area contributed by atoms with Gasteiger partial charge in [-0.3, -0.25) is 14.4 Å². The van der Waals surface area contributed by atoms with Gasteiger partial charge in [-0.25, -0.2) is 0 Å². The summed E-state index contributed by atoms with van der Waals surface area (Å²) in [4.78, 5) is 31.9. The number of hydrogen-bond donors (Lipinski definition) is 4. The van der Waals surface area contributed by atoms with Gasteiger partial charge in [0.05, 0.1) is 18.9 Å². The van der Waals surface area contributed by atoms with E-state index in [0.29, 0.717) is 0 Å². The molecule has 0 aromatic heterocycles. The van der Waals surface area contributed by atoms with Crippen molar-refractivity contribution in [2.45, 2.75) is 18.4 Å². The van der Waals surface area contributed by atoms with Crippen LogP contribution in [0.2, 0.25) is 0 Å². The Balaban J connectivity index is 2.62. The predicted octanol–water partition coefficient (Wildman–Crippen LogP) is -1.59. The number of β-amino-alcohol motifs (C(OH)–C–C–N with tert-alkyl or cyclic N) is 1. The minimum absolute atomic E-state index is 0.0325. The first-order chi connectivity index (χ1) is 6.85. The van der Waals surface area contributed by atoms with Crippen molar-refractivity contribution in [3.63, 3.8) is 0 Å². The molecule has 1 aliphatic rings. The Morgan fingerprint density at radius 1 is 1.47 bits per heavy atom. The lowest BCUT2D eigenvalue weighted by Gasteiger charge is -2.37. The highest BCUT2D eigenvalue weighted by molar-refractivity contribution is 5.92. The molecule has 1 fully saturated rings. The summed E-state index contributed by atoms with van der Waals surface area (Å²) in [5, 5.41) is 28.9. The fourth-order valence-corrected chi connectivity index (χ4v) is 1.39. The molecular weight excluding hydrogens is 206 g/mol. The van der Waals surface area contributed by atoms with E-state index in [1.54, 1.807) is 0 Å². The minimum Gasteiger partial charge on any atom is -0.481 e. The first kappa shape index (κ1) is 11.4. The lowest BCUT2D eigenvalue weighted by molar-refractivity contribution is -0.160. The van der Waals surface area contributed by atoms with Crippen molar-refractivity contribution in [2.24, 2.45) is 5.92 Å². The lowest BCUT2D eigenvalue weighted by Crippen LogP contribution is -2.65. The molecule has 0 unspecified atom stereocenters. The van der Waals surface area contributed by atoms with E-state index in [1.165, 1.54) is 0 Å². The summed E-state index contributed by atoms with van der Waals surface area (Å²) in [7, 11) is 0. The number of carbonyl (C=O) groups is 3. The van der Waals surface area contributed by atoms with Crippen molar-refractivity contribution >= 4 is 17.8 Å². The van der Waals surface area contributed by atoms with Gasteiger partial charge in [-0.2, -0.15) is 0 Å². The largest absolute Gasteiger partial charge is 0.481 e. The van der Waals surface area contributed by atoms with Crippen LogP contribution >= 0.6 is 0 Å². The third-order valence-electron chi connectivity index (χ3n) is 2.32. The second-order valence-corrected chi connectivity index (χ2v) is 3.55. The molecule has 1 heterocycles. The molecule has 1 aliphatic heterocycles. The average molecular weight is 217 g/mol. The van der Waals surface area contributed by atoms with Crippen LogP contribution in [-0.4, -0.2) is 45.3 Å². The molecule has 7 heteroatoms. The van der Waals surface area contributed by atoms with Gasteiger partial charge in [0.25, 0.3) is 5.91 Å². The number of β-lactam (4-membered cyclic amide) rings is 1. The maximum Gasteiger partial charge on any atom is 0.307 e. The molecule has 0 saturated carbocycles. The van der Waals surface area contributed by atoms with E-state index >= 15 is 0 Å². The molecule has 84 valence electrons. The maximum absolute atomic E-state index is 10.9. The van der Waals surface area contributed by atoms with E-state index in [4.69, 9.17) is 10.2 Å². The topological polar surface area (TPSA) is 124 Å². The number of carboxylic acid groups (broad SMARTS) is 2. The summed E-state index contributed by atoms with van der Waals surface area (Å²) < 4.78 is 0. The molecule has 1 amide bonds. The van der Waals surface area contributed by atoms with Crippen molar-refractivity contribution in [1.29, 1.82) is 0 Å². The van der Waals surface area contributed by atoms with Gasteiger partial charge in [0.15, 0.2) is 5.60 Å². The standard InChI is InChI=1S/C8H11NO6/c10-5(11)1-4(6(12)13)2-8(15)3-9-7(8)14/h4,15H,1-3H2,(H,9,14)(H,10,11)(H,12,13)/t4-,8-/m1/s1.